The van der Waals surface area contributed by atoms with Gasteiger partial charge < -0.3 is 10.1 Å². The molecule has 0 spiro atoms. The standard InChI is InChI=1S/C16H23NO2/c1-13-7-9-14(10-8-13)17-16(15(18)19-2)11-5-3-4-6-12-16/h7-10,17H,3-6,11-12H2,1-2H3. The van der Waals surface area contributed by atoms with Gasteiger partial charge in [0.2, 0.25) is 0 Å². The van der Waals surface area contributed by atoms with Crippen molar-refractivity contribution in [3.63, 3.8) is 0 Å². The smallest absolute Gasteiger partial charge is 0.331 e. The van der Waals surface area contributed by atoms with Gasteiger partial charge in [-0.2, -0.15) is 0 Å². The summed E-state index contributed by atoms with van der Waals surface area (Å²) in [7, 11) is 1.48. The van der Waals surface area contributed by atoms with Gasteiger partial charge in [0.15, 0.2) is 0 Å². The van der Waals surface area contributed by atoms with E-state index in [2.05, 4.69) is 24.4 Å². The number of aryl methyl sites for hydroxylation is 1. The zero-order chi connectivity index (χ0) is 13.7. The number of anilines is 1. The van der Waals surface area contributed by atoms with Gasteiger partial charge in [-0.15, -0.1) is 0 Å². The Kier molecular flexibility index (Phi) is 4.46. The molecule has 1 aromatic carbocycles. The Labute approximate surface area is 115 Å². The van der Waals surface area contributed by atoms with Crippen LogP contribution in [0, 0.1) is 6.92 Å². The molecule has 0 bridgehead atoms. The molecular formula is C16H23NO2. The molecule has 0 aliphatic heterocycles. The lowest BCUT2D eigenvalue weighted by molar-refractivity contribution is -0.146. The van der Waals surface area contributed by atoms with Crippen molar-refractivity contribution >= 4 is 11.7 Å². The lowest BCUT2D eigenvalue weighted by atomic mass is 9.89. The number of rotatable bonds is 3. The van der Waals surface area contributed by atoms with E-state index in [0.29, 0.717) is 0 Å². The van der Waals surface area contributed by atoms with Crippen molar-refractivity contribution in [3.05, 3.63) is 29.8 Å². The molecule has 0 saturated heterocycles. The van der Waals surface area contributed by atoms with Crippen molar-refractivity contribution in [2.75, 3.05) is 12.4 Å². The lowest BCUT2D eigenvalue weighted by Gasteiger charge is -2.32. The van der Waals surface area contributed by atoms with Gasteiger partial charge in [0.05, 0.1) is 7.11 Å². The van der Waals surface area contributed by atoms with Gasteiger partial charge >= 0.3 is 5.97 Å². The molecular weight excluding hydrogens is 238 g/mol. The summed E-state index contributed by atoms with van der Waals surface area (Å²) in [4.78, 5) is 12.2. The molecule has 1 fully saturated rings. The van der Waals surface area contributed by atoms with Crippen LogP contribution in [-0.2, 0) is 9.53 Å². The van der Waals surface area contributed by atoms with Gasteiger partial charge in [0.25, 0.3) is 0 Å². The first-order chi connectivity index (χ1) is 9.16. The van der Waals surface area contributed by atoms with Crippen molar-refractivity contribution in [2.45, 2.75) is 51.0 Å². The zero-order valence-electron chi connectivity index (χ0n) is 11.9. The molecule has 0 heterocycles. The second kappa shape index (κ2) is 6.09. The maximum absolute atomic E-state index is 12.2. The van der Waals surface area contributed by atoms with Crippen molar-refractivity contribution in [3.8, 4) is 0 Å². The number of carbonyl (C=O) groups is 1. The van der Waals surface area contributed by atoms with E-state index in [1.54, 1.807) is 0 Å². The first kappa shape index (κ1) is 13.9. The molecule has 0 radical (unpaired) electrons. The van der Waals surface area contributed by atoms with E-state index in [1.165, 1.54) is 25.5 Å². The molecule has 1 aliphatic carbocycles. The molecule has 3 nitrogen and oxygen atoms in total. The summed E-state index contributed by atoms with van der Waals surface area (Å²) in [5, 5.41) is 3.44. The van der Waals surface area contributed by atoms with Gasteiger partial charge in [0.1, 0.15) is 5.54 Å². The molecule has 1 saturated carbocycles. The predicted octanol–water partition coefficient (Wildman–Crippen LogP) is 3.67. The molecule has 0 unspecified atom stereocenters. The fraction of sp³-hybridized carbons (Fsp3) is 0.562. The first-order valence-electron chi connectivity index (χ1n) is 7.09. The van der Waals surface area contributed by atoms with Gasteiger partial charge in [-0.25, -0.2) is 4.79 Å². The van der Waals surface area contributed by atoms with E-state index in [4.69, 9.17) is 4.74 Å². The fourth-order valence-corrected chi connectivity index (χ4v) is 2.82. The van der Waals surface area contributed by atoms with E-state index in [9.17, 15) is 4.79 Å². The van der Waals surface area contributed by atoms with Crippen LogP contribution in [0.2, 0.25) is 0 Å². The van der Waals surface area contributed by atoms with Gasteiger partial charge in [-0.3, -0.25) is 0 Å². The fourth-order valence-electron chi connectivity index (χ4n) is 2.82. The largest absolute Gasteiger partial charge is 0.467 e. The summed E-state index contributed by atoms with van der Waals surface area (Å²) in [6.45, 7) is 2.06. The number of esters is 1. The zero-order valence-corrected chi connectivity index (χ0v) is 11.9. The van der Waals surface area contributed by atoms with Crippen LogP contribution < -0.4 is 5.32 Å². The number of hydrogen-bond donors (Lipinski definition) is 1. The van der Waals surface area contributed by atoms with Crippen LogP contribution >= 0.6 is 0 Å². The Bertz CT molecular complexity index is 417. The highest BCUT2D eigenvalue weighted by atomic mass is 16.5. The molecule has 3 heteroatoms. The average Bonchev–Trinajstić information content (AvgIpc) is 2.67. The topological polar surface area (TPSA) is 38.3 Å². The van der Waals surface area contributed by atoms with Gasteiger partial charge in [-0.05, 0) is 31.9 Å². The Morgan fingerprint density at radius 1 is 1.11 bits per heavy atom. The third-order valence-corrected chi connectivity index (χ3v) is 3.97. The van der Waals surface area contributed by atoms with Crippen LogP contribution in [-0.4, -0.2) is 18.6 Å². The summed E-state index contributed by atoms with van der Waals surface area (Å²) < 4.78 is 5.04. The van der Waals surface area contributed by atoms with Crippen LogP contribution in [0.1, 0.15) is 44.1 Å². The van der Waals surface area contributed by atoms with E-state index in [1.807, 2.05) is 12.1 Å². The number of ether oxygens (including phenoxy) is 1. The van der Waals surface area contributed by atoms with Crippen molar-refractivity contribution < 1.29 is 9.53 Å². The van der Waals surface area contributed by atoms with Crippen LogP contribution in [0.5, 0.6) is 0 Å². The van der Waals surface area contributed by atoms with Crippen molar-refractivity contribution in [1.82, 2.24) is 0 Å². The molecule has 0 amide bonds. The molecule has 104 valence electrons. The predicted molar refractivity (Wildman–Crippen MR) is 77.3 cm³/mol. The minimum Gasteiger partial charge on any atom is -0.467 e. The number of benzene rings is 1. The van der Waals surface area contributed by atoms with E-state index >= 15 is 0 Å². The summed E-state index contributed by atoms with van der Waals surface area (Å²) >= 11 is 0. The SMILES string of the molecule is COC(=O)C1(Nc2ccc(C)cc2)CCCCCC1. The Morgan fingerprint density at radius 3 is 2.21 bits per heavy atom. The van der Waals surface area contributed by atoms with Gasteiger partial charge in [-0.1, -0.05) is 43.4 Å². The summed E-state index contributed by atoms with van der Waals surface area (Å²) in [5.41, 5.74) is 1.68. The Hall–Kier alpha value is -1.51. The molecule has 1 aromatic rings. The number of methoxy groups -OCH3 is 1. The number of carbonyl (C=O) groups excluding carboxylic acids is 1. The Balaban J connectivity index is 2.21. The second-order valence-corrected chi connectivity index (χ2v) is 5.48. The van der Waals surface area contributed by atoms with Crippen LogP contribution in [0.3, 0.4) is 0 Å². The lowest BCUT2D eigenvalue weighted by Crippen LogP contribution is -2.46. The molecule has 1 aliphatic rings. The van der Waals surface area contributed by atoms with Crippen molar-refractivity contribution in [1.29, 1.82) is 0 Å². The first-order valence-corrected chi connectivity index (χ1v) is 7.09. The maximum atomic E-state index is 12.2. The highest BCUT2D eigenvalue weighted by molar-refractivity contribution is 5.84. The quantitative estimate of drug-likeness (QED) is 0.666. The minimum atomic E-state index is -0.541. The average molecular weight is 261 g/mol. The van der Waals surface area contributed by atoms with Crippen molar-refractivity contribution in [2.24, 2.45) is 0 Å². The summed E-state index contributed by atoms with van der Waals surface area (Å²) in [6.07, 6.45) is 6.27. The molecule has 2 rings (SSSR count). The minimum absolute atomic E-state index is 0.130. The molecule has 0 aromatic heterocycles. The molecule has 19 heavy (non-hydrogen) atoms. The number of hydrogen-bond acceptors (Lipinski definition) is 3. The van der Waals surface area contributed by atoms with Crippen LogP contribution in [0.25, 0.3) is 0 Å². The molecule has 0 atom stereocenters. The summed E-state index contributed by atoms with van der Waals surface area (Å²) in [6, 6.07) is 8.18. The normalized spacial score (nSPS) is 18.4. The maximum Gasteiger partial charge on any atom is 0.331 e. The van der Waals surface area contributed by atoms with E-state index in [-0.39, 0.29) is 5.97 Å². The monoisotopic (exact) mass is 261 g/mol. The molecule has 1 N–H and O–H groups in total. The van der Waals surface area contributed by atoms with E-state index in [0.717, 1.165) is 31.4 Å². The van der Waals surface area contributed by atoms with E-state index < -0.39 is 5.54 Å². The van der Waals surface area contributed by atoms with Crippen LogP contribution in [0.15, 0.2) is 24.3 Å². The highest BCUT2D eigenvalue weighted by Crippen LogP contribution is 2.32. The second-order valence-electron chi connectivity index (χ2n) is 5.48. The third kappa shape index (κ3) is 3.28. The highest BCUT2D eigenvalue weighted by Gasteiger charge is 2.39. The van der Waals surface area contributed by atoms with Gasteiger partial charge in [0, 0.05) is 5.69 Å². The Morgan fingerprint density at radius 2 is 1.68 bits per heavy atom. The summed E-state index contributed by atoms with van der Waals surface area (Å²) in [5.74, 6) is -0.130. The third-order valence-electron chi connectivity index (χ3n) is 3.97. The number of nitrogens with one attached hydrogen (secondary N) is 1. The van der Waals surface area contributed by atoms with Crippen LogP contribution in [0.4, 0.5) is 5.69 Å².